The highest BCUT2D eigenvalue weighted by Gasteiger charge is 2.82. The second-order valence-corrected chi connectivity index (χ2v) is 27.3. The van der Waals surface area contributed by atoms with Gasteiger partial charge in [0.25, 0.3) is 0 Å². The molecule has 34 rings (SSSR count). The van der Waals surface area contributed by atoms with Crippen LogP contribution in [0.2, 0.25) is 0 Å². The van der Waals surface area contributed by atoms with Crippen LogP contribution in [0, 0.1) is 0 Å². The van der Waals surface area contributed by atoms with Crippen molar-refractivity contribution in [3.8, 4) is 5.75 Å². The third kappa shape index (κ3) is 1.42. The summed E-state index contributed by atoms with van der Waals surface area (Å²) in [7, 11) is 1.81. The normalized spacial score (nSPS) is 27.1. The summed E-state index contributed by atoms with van der Waals surface area (Å²) >= 11 is 19.2. The van der Waals surface area contributed by atoms with Crippen molar-refractivity contribution >= 4 is 282 Å². The summed E-state index contributed by atoms with van der Waals surface area (Å²) in [6.45, 7) is 0. The van der Waals surface area contributed by atoms with Crippen molar-refractivity contribution in [3.63, 3.8) is 0 Å². The van der Waals surface area contributed by atoms with Gasteiger partial charge < -0.3 is 4.74 Å². The van der Waals surface area contributed by atoms with Crippen molar-refractivity contribution in [2.75, 3.05) is 7.11 Å². The summed E-state index contributed by atoms with van der Waals surface area (Å²) in [5.41, 5.74) is 16.5. The Balaban J connectivity index is 1.14. The van der Waals surface area contributed by atoms with Crippen LogP contribution in [-0.4, -0.2) is 7.11 Å². The van der Waals surface area contributed by atoms with E-state index in [-0.39, 0.29) is 0 Å². The molecule has 0 radical (unpaired) electrons. The van der Waals surface area contributed by atoms with E-state index in [9.17, 15) is 23.2 Å². The molecule has 0 N–H and O–H groups in total. The molecule has 9 aliphatic carbocycles. The Labute approximate surface area is 403 Å². The Morgan fingerprint density at radius 3 is 1.03 bits per heavy atom. The van der Waals surface area contributed by atoms with E-state index in [0.717, 1.165) is 5.75 Å². The molecule has 9 aliphatic rings. The molecule has 1 nitrogen and oxygen atoms in total. The summed E-state index contributed by atoms with van der Waals surface area (Å²) in [6.07, 6.45) is 2.83. The minimum Gasteiger partial charge on any atom is -0.497 e. The fourth-order valence-electron chi connectivity index (χ4n) is 26.0. The number of ether oxygens (including phenoxy) is 1. The van der Waals surface area contributed by atoms with Gasteiger partial charge >= 0.3 is 0 Å². The molecule has 4 atom stereocenters. The molecule has 25 aromatic rings. The van der Waals surface area contributed by atoms with E-state index in [4.69, 9.17) is 4.74 Å². The second kappa shape index (κ2) is 6.13. The molecular formula is C69H8Cl2O. The first-order valence-electron chi connectivity index (χ1n) is 26.4. The molecule has 0 aromatic heterocycles. The van der Waals surface area contributed by atoms with Crippen LogP contribution in [0.25, 0.3) is 259 Å². The molecule has 0 bridgehead atoms. The Morgan fingerprint density at radius 2 is 0.611 bits per heavy atom. The molecule has 0 amide bonds. The zero-order valence-corrected chi connectivity index (χ0v) is 38.1. The lowest BCUT2D eigenvalue weighted by molar-refractivity contribution is 0.382. The predicted molar refractivity (Wildman–Crippen MR) is 299 cm³/mol. The molecule has 0 fully saturated rings. The maximum Gasteiger partial charge on any atom is 0.122 e. The second-order valence-electron chi connectivity index (χ2n) is 26.2. The van der Waals surface area contributed by atoms with Crippen LogP contribution in [0.4, 0.5) is 0 Å². The third-order valence-electron chi connectivity index (χ3n) is 26.1. The lowest BCUT2D eigenvalue weighted by atomic mass is 9.36. The van der Waals surface area contributed by atoms with E-state index in [0.29, 0.717) is 0 Å². The van der Waals surface area contributed by atoms with Gasteiger partial charge in [-0.3, -0.25) is 0 Å². The predicted octanol–water partition coefficient (Wildman–Crippen LogP) is 18.2. The number of benzene rings is 17. The summed E-state index contributed by atoms with van der Waals surface area (Å²) in [5.74, 6) is 0.906. The summed E-state index contributed by atoms with van der Waals surface area (Å²) < 4.78 is 5.92. The molecule has 304 valence electrons. The minimum absolute atomic E-state index is 0.492. The van der Waals surface area contributed by atoms with Crippen molar-refractivity contribution in [1.82, 2.24) is 0 Å². The highest BCUT2D eigenvalue weighted by molar-refractivity contribution is 6.80. The van der Waals surface area contributed by atoms with E-state index in [1.165, 1.54) is 93.2 Å². The van der Waals surface area contributed by atoms with Crippen LogP contribution in [0.1, 0.15) is 50.1 Å². The molecule has 3 heteroatoms. The minimum atomic E-state index is -0.882. The van der Waals surface area contributed by atoms with Gasteiger partial charge in [0.1, 0.15) is 15.5 Å². The lowest BCUT2D eigenvalue weighted by Crippen LogP contribution is -2.63. The van der Waals surface area contributed by atoms with Crippen LogP contribution >= 0.6 is 23.2 Å². The van der Waals surface area contributed by atoms with Crippen molar-refractivity contribution in [3.05, 3.63) is 86.0 Å². The van der Waals surface area contributed by atoms with Gasteiger partial charge in [0.15, 0.2) is 0 Å². The smallest absolute Gasteiger partial charge is 0.122 e. The quantitative estimate of drug-likeness (QED) is 0.124. The van der Waals surface area contributed by atoms with Crippen molar-refractivity contribution in [1.29, 1.82) is 0 Å². The van der Waals surface area contributed by atoms with Gasteiger partial charge in [-0.25, -0.2) is 0 Å². The molecule has 2 spiro atoms. The van der Waals surface area contributed by atoms with E-state index in [1.54, 1.807) is 228 Å². The first-order chi connectivity index (χ1) is 35.6. The molecule has 0 saturated carbocycles. The fraction of sp³-hybridized carbons (Fsp3) is 0.0725. The van der Waals surface area contributed by atoms with Gasteiger partial charge in [0, 0.05) is 0 Å². The Kier molecular flexibility index (Phi) is 2.35. The van der Waals surface area contributed by atoms with E-state index >= 15 is 0 Å². The number of methoxy groups -OCH3 is 1. The highest BCUT2D eigenvalue weighted by Crippen LogP contribution is 2.93. The van der Waals surface area contributed by atoms with Gasteiger partial charge in [0.2, 0.25) is 0 Å². The number of halogens is 2. The maximum atomic E-state index is 9.66. The third-order valence-corrected chi connectivity index (χ3v) is 27.2. The fourth-order valence-corrected chi connectivity index (χ4v) is 27.1. The van der Waals surface area contributed by atoms with E-state index < -0.39 is 20.6 Å². The largest absolute Gasteiger partial charge is 0.497 e. The molecule has 72 heavy (non-hydrogen) atoms. The van der Waals surface area contributed by atoms with Crippen LogP contribution < -0.4 is 4.74 Å². The lowest BCUT2D eigenvalue weighted by Gasteiger charge is -2.65. The maximum absolute atomic E-state index is 9.66. The molecule has 4 unspecified atom stereocenters. The van der Waals surface area contributed by atoms with Gasteiger partial charge in [-0.2, -0.15) is 0 Å². The van der Waals surface area contributed by atoms with Gasteiger partial charge in [0.05, 0.1) is 17.9 Å². The SMILES string of the molecule is COc1ccc(C2=CC34C5=C6c7c3c3c8c9c%10c%11c(c%12c%13c%14c(c%15c%16c%17c(c%18c7c7c3c3c8c8c%10c%10c%19c%11c%13c%11c%13c%14c%16c%14c%16c%17c%17c%18c7c7c3c3c8c%10c8c(c%11%19)c(c%13%14)c%10c%16c%17c7c3c%108)C6%15Cl)C5%12Cl)C294)cc1. The molecule has 25 aromatic carbocycles. The van der Waals surface area contributed by atoms with Crippen molar-refractivity contribution < 1.29 is 4.74 Å². The van der Waals surface area contributed by atoms with E-state index in [2.05, 4.69) is 30.3 Å². The van der Waals surface area contributed by atoms with Crippen LogP contribution in [0.15, 0.2) is 35.9 Å². The highest BCUT2D eigenvalue weighted by atomic mass is 35.5. The van der Waals surface area contributed by atoms with Crippen LogP contribution in [0.3, 0.4) is 0 Å². The summed E-state index contributed by atoms with van der Waals surface area (Å²) in [5, 5.41) is 72.4. The molecular weight excluding hydrogens is 916 g/mol. The Morgan fingerprint density at radius 1 is 0.306 bits per heavy atom. The standard InChI is InChI=1S/C69H8Cl2O/c1-72-8-4-2-7(3-5-8)9-6-66-57-48-38-34-22-17-11-10-12-14-15-13(10)19-21-16(11)20(22)32-36(38)46-47-37(32)33(21)41-27(19)29-25(15)31-30-24(14)28-26-18(12)23(17)35-39(26)50-52-42(28)43(30)54-55-45(31)44(29)53-51(41)59(47)68(70)62(53)63(55)69(71,65(66)64(68)56(46)57)61(54)60(52)67(9,66)58(50)49(48)40(34)35/h2-6H,1H3. The average Bonchev–Trinajstić information content (AvgIpc) is 4.41. The van der Waals surface area contributed by atoms with Crippen molar-refractivity contribution in [2.24, 2.45) is 0 Å². The average molecular weight is 924 g/mol. The van der Waals surface area contributed by atoms with Crippen LogP contribution in [0.5, 0.6) is 5.75 Å². The number of alkyl halides is 2. The number of hydrogen-bond donors (Lipinski definition) is 0. The molecule has 0 saturated heterocycles. The van der Waals surface area contributed by atoms with Gasteiger partial charge in [-0.05, 0) is 327 Å². The van der Waals surface area contributed by atoms with Gasteiger partial charge in [-0.1, -0.05) is 18.2 Å². The van der Waals surface area contributed by atoms with Crippen LogP contribution in [-0.2, 0) is 20.6 Å². The Bertz CT molecular complexity index is 7490. The van der Waals surface area contributed by atoms with Gasteiger partial charge in [-0.15, -0.1) is 23.2 Å². The summed E-state index contributed by atoms with van der Waals surface area (Å²) in [4.78, 5) is -1.75. The zero-order chi connectivity index (χ0) is 43.3. The number of hydrogen-bond acceptors (Lipinski definition) is 1. The Hall–Kier alpha value is -7.94. The van der Waals surface area contributed by atoms with Crippen molar-refractivity contribution in [2.45, 2.75) is 20.6 Å². The first-order valence-corrected chi connectivity index (χ1v) is 27.1. The monoisotopic (exact) mass is 922 g/mol. The molecule has 0 heterocycles. The first kappa shape index (κ1) is 27.6. The molecule has 0 aliphatic heterocycles. The topological polar surface area (TPSA) is 9.23 Å². The number of rotatable bonds is 2. The summed E-state index contributed by atoms with van der Waals surface area (Å²) in [6, 6.07) is 9.22. The zero-order valence-electron chi connectivity index (χ0n) is 36.6. The van der Waals surface area contributed by atoms with E-state index in [1.807, 2.05) is 0 Å². The number of allylic oxidation sites excluding steroid dienone is 4.